The standard InChI is InChI=1S/3C6H5.C4H8O2S.Sn/c3*1-2-4-6-5-3-1;1-7-3-2-4(5)6;/h3*1-5H;2-3H2,1H3,(H,5,6);/q;;;;+1/p-1. The molecular formula is C22H22O2SSn. The number of hydrogen-bond acceptors (Lipinski definition) is 3. The third-order valence-electron chi connectivity index (χ3n) is 4.32. The Hall–Kier alpha value is -1.72. The zero-order chi connectivity index (χ0) is 18.2. The van der Waals surface area contributed by atoms with E-state index in [1.165, 1.54) is 0 Å². The number of benzene rings is 3. The summed E-state index contributed by atoms with van der Waals surface area (Å²) in [4.78, 5) is 12.8. The van der Waals surface area contributed by atoms with Crippen molar-refractivity contribution < 1.29 is 7.87 Å². The van der Waals surface area contributed by atoms with E-state index in [1.807, 2.05) is 60.9 Å². The van der Waals surface area contributed by atoms with Crippen molar-refractivity contribution in [2.45, 2.75) is 6.42 Å². The SMILES string of the molecule is CSCCC(=O)[O][Sn]([c]1ccccc1)([c]1ccccc1)[c]1ccccc1. The molecule has 0 spiro atoms. The quantitative estimate of drug-likeness (QED) is 0.498. The van der Waals surface area contributed by atoms with Gasteiger partial charge in [0.25, 0.3) is 0 Å². The average Bonchev–Trinajstić information content (AvgIpc) is 2.72. The van der Waals surface area contributed by atoms with Crippen molar-refractivity contribution in [2.24, 2.45) is 0 Å². The first-order valence-corrected chi connectivity index (χ1v) is 15.5. The second kappa shape index (κ2) is 9.28. The first-order chi connectivity index (χ1) is 12.8. The van der Waals surface area contributed by atoms with E-state index in [4.69, 9.17) is 3.07 Å². The van der Waals surface area contributed by atoms with Gasteiger partial charge in [-0.3, -0.25) is 0 Å². The van der Waals surface area contributed by atoms with Gasteiger partial charge in [-0.1, -0.05) is 0 Å². The molecule has 4 heteroatoms. The van der Waals surface area contributed by atoms with Gasteiger partial charge in [0, 0.05) is 0 Å². The minimum absolute atomic E-state index is 0.105. The first-order valence-electron chi connectivity index (χ1n) is 8.64. The molecule has 3 aromatic rings. The van der Waals surface area contributed by atoms with E-state index < -0.39 is 18.8 Å². The summed E-state index contributed by atoms with van der Waals surface area (Å²) in [6, 6.07) is 30.9. The van der Waals surface area contributed by atoms with E-state index in [9.17, 15) is 4.79 Å². The van der Waals surface area contributed by atoms with Gasteiger partial charge in [0.15, 0.2) is 0 Å². The van der Waals surface area contributed by atoms with Crippen LogP contribution in [-0.4, -0.2) is 36.8 Å². The van der Waals surface area contributed by atoms with Crippen molar-refractivity contribution in [3.8, 4) is 0 Å². The Bertz CT molecular complexity index is 726. The van der Waals surface area contributed by atoms with Crippen LogP contribution in [0.5, 0.6) is 0 Å². The van der Waals surface area contributed by atoms with Gasteiger partial charge >= 0.3 is 165 Å². The van der Waals surface area contributed by atoms with E-state index in [2.05, 4.69) is 36.4 Å². The fraction of sp³-hybridized carbons (Fsp3) is 0.136. The summed E-state index contributed by atoms with van der Waals surface area (Å²) in [7, 11) is 0. The molecule has 0 unspecified atom stereocenters. The van der Waals surface area contributed by atoms with Gasteiger partial charge in [0.1, 0.15) is 0 Å². The van der Waals surface area contributed by atoms with Crippen molar-refractivity contribution >= 4 is 47.3 Å². The maximum atomic E-state index is 12.8. The van der Waals surface area contributed by atoms with E-state index >= 15 is 0 Å². The van der Waals surface area contributed by atoms with Crippen LogP contribution in [-0.2, 0) is 7.87 Å². The molecule has 0 atom stereocenters. The van der Waals surface area contributed by atoms with E-state index in [0.29, 0.717) is 6.42 Å². The summed E-state index contributed by atoms with van der Waals surface area (Å²) < 4.78 is 9.91. The number of hydrogen-bond donors (Lipinski definition) is 0. The molecule has 0 aromatic heterocycles. The van der Waals surface area contributed by atoms with Crippen LogP contribution in [0.25, 0.3) is 0 Å². The second-order valence-corrected chi connectivity index (χ2v) is 16.4. The molecular weight excluding hydrogens is 447 g/mol. The van der Waals surface area contributed by atoms with Crippen LogP contribution in [0, 0.1) is 0 Å². The van der Waals surface area contributed by atoms with Gasteiger partial charge in [-0.15, -0.1) is 0 Å². The third kappa shape index (κ3) is 4.15. The molecule has 0 aliphatic carbocycles. The van der Waals surface area contributed by atoms with Crippen LogP contribution >= 0.6 is 11.8 Å². The van der Waals surface area contributed by atoms with Gasteiger partial charge in [-0.25, -0.2) is 0 Å². The Labute approximate surface area is 164 Å². The van der Waals surface area contributed by atoms with E-state index in [0.717, 1.165) is 16.5 Å². The van der Waals surface area contributed by atoms with Crippen molar-refractivity contribution in [2.75, 3.05) is 12.0 Å². The number of carbonyl (C=O) groups is 1. The van der Waals surface area contributed by atoms with Crippen LogP contribution in [0.3, 0.4) is 0 Å². The summed E-state index contributed by atoms with van der Waals surface area (Å²) in [5.74, 6) is 0.672. The molecule has 0 N–H and O–H groups in total. The van der Waals surface area contributed by atoms with Gasteiger partial charge < -0.3 is 0 Å². The monoisotopic (exact) mass is 470 g/mol. The predicted molar refractivity (Wildman–Crippen MR) is 113 cm³/mol. The molecule has 0 amide bonds. The van der Waals surface area contributed by atoms with Crippen molar-refractivity contribution in [3.05, 3.63) is 91.0 Å². The molecule has 0 fully saturated rings. The normalized spacial score (nSPS) is 11.1. The summed E-state index contributed by atoms with van der Waals surface area (Å²) in [5.41, 5.74) is 0. The van der Waals surface area contributed by atoms with Crippen LogP contribution in [0.2, 0.25) is 0 Å². The molecule has 3 aromatic carbocycles. The summed E-state index contributed by atoms with van der Waals surface area (Å²) >= 11 is -2.22. The van der Waals surface area contributed by atoms with Gasteiger partial charge in [-0.05, 0) is 0 Å². The summed E-state index contributed by atoms with van der Waals surface area (Å²) in [5, 5.41) is 0. The molecule has 132 valence electrons. The Balaban J connectivity index is 2.19. The predicted octanol–water partition coefficient (Wildman–Crippen LogP) is 2.95. The molecule has 0 heterocycles. The summed E-state index contributed by atoms with van der Waals surface area (Å²) in [6.07, 6.45) is 2.45. The Kier molecular flexibility index (Phi) is 6.80. The van der Waals surface area contributed by atoms with Crippen LogP contribution in [0.4, 0.5) is 0 Å². The average molecular weight is 469 g/mol. The van der Waals surface area contributed by atoms with Crippen LogP contribution in [0.1, 0.15) is 6.42 Å². The zero-order valence-corrected chi connectivity index (χ0v) is 18.5. The number of thioether (sulfide) groups is 1. The molecule has 0 saturated carbocycles. The van der Waals surface area contributed by atoms with Crippen molar-refractivity contribution in [1.82, 2.24) is 0 Å². The molecule has 3 rings (SSSR count). The maximum absolute atomic E-state index is 12.8. The van der Waals surface area contributed by atoms with Gasteiger partial charge in [0.2, 0.25) is 0 Å². The van der Waals surface area contributed by atoms with Crippen molar-refractivity contribution in [3.63, 3.8) is 0 Å². The van der Waals surface area contributed by atoms with E-state index in [1.54, 1.807) is 11.8 Å². The van der Waals surface area contributed by atoms with Crippen molar-refractivity contribution in [1.29, 1.82) is 0 Å². The van der Waals surface area contributed by atoms with Gasteiger partial charge in [0.05, 0.1) is 0 Å². The molecule has 2 nitrogen and oxygen atoms in total. The molecule has 0 saturated heterocycles. The molecule has 0 bridgehead atoms. The van der Waals surface area contributed by atoms with Crippen LogP contribution in [0.15, 0.2) is 91.0 Å². The summed E-state index contributed by atoms with van der Waals surface area (Å²) in [6.45, 7) is 0. The Morgan fingerprint density at radius 2 is 1.15 bits per heavy atom. The topological polar surface area (TPSA) is 26.3 Å². The third-order valence-corrected chi connectivity index (χ3v) is 16.3. The zero-order valence-electron chi connectivity index (χ0n) is 14.8. The van der Waals surface area contributed by atoms with Gasteiger partial charge in [-0.2, -0.15) is 0 Å². The minimum atomic E-state index is -3.89. The number of rotatable bonds is 7. The fourth-order valence-electron chi connectivity index (χ4n) is 3.10. The Morgan fingerprint density at radius 1 is 0.769 bits per heavy atom. The van der Waals surface area contributed by atoms with E-state index in [-0.39, 0.29) is 5.97 Å². The Morgan fingerprint density at radius 3 is 1.50 bits per heavy atom. The second-order valence-electron chi connectivity index (χ2n) is 6.00. The van der Waals surface area contributed by atoms with Crippen LogP contribution < -0.4 is 10.7 Å². The molecule has 26 heavy (non-hydrogen) atoms. The first kappa shape index (κ1) is 19.1. The fourth-order valence-corrected chi connectivity index (χ4v) is 14.3. The molecule has 0 aliphatic rings. The number of carbonyl (C=O) groups excluding carboxylic acids is 1. The molecule has 0 radical (unpaired) electrons. The molecule has 0 aliphatic heterocycles.